The van der Waals surface area contributed by atoms with Gasteiger partial charge in [0.05, 0.1) is 31.6 Å². The second kappa shape index (κ2) is 4.47. The van der Waals surface area contributed by atoms with Gasteiger partial charge in [0.15, 0.2) is 0 Å². The molecule has 0 unspecified atom stereocenters. The van der Waals surface area contributed by atoms with Crippen molar-refractivity contribution in [2.75, 3.05) is 19.5 Å². The number of carbonyl (C=O) groups is 2. The topological polar surface area (TPSA) is 77.5 Å². The first-order valence-corrected chi connectivity index (χ1v) is 6.54. The first kappa shape index (κ1) is 12.9. The van der Waals surface area contributed by atoms with Gasteiger partial charge in [-0.15, -0.1) is 0 Å². The number of ketones is 1. The van der Waals surface area contributed by atoms with Crippen molar-refractivity contribution in [2.24, 2.45) is 0 Å². The molecule has 0 bridgehead atoms. The molecule has 6 heteroatoms. The Kier molecular flexibility index (Phi) is 2.88. The second-order valence-corrected chi connectivity index (χ2v) is 5.15. The molecule has 2 heterocycles. The highest BCUT2D eigenvalue weighted by molar-refractivity contribution is 5.94. The van der Waals surface area contributed by atoms with Crippen LogP contribution in [0.4, 0.5) is 5.69 Å². The molecule has 0 saturated heterocycles. The van der Waals surface area contributed by atoms with Crippen LogP contribution in [-0.4, -0.2) is 37.0 Å². The van der Waals surface area contributed by atoms with Crippen molar-refractivity contribution in [3.05, 3.63) is 17.8 Å². The van der Waals surface area contributed by atoms with Crippen molar-refractivity contribution >= 4 is 17.4 Å². The predicted molar refractivity (Wildman–Crippen MR) is 70.8 cm³/mol. The van der Waals surface area contributed by atoms with Crippen LogP contribution in [0.1, 0.15) is 25.0 Å². The summed E-state index contributed by atoms with van der Waals surface area (Å²) in [5, 5.41) is 3.23. The minimum Gasteiger partial charge on any atom is -0.481 e. The normalized spacial score (nSPS) is 27.3. The summed E-state index contributed by atoms with van der Waals surface area (Å²) in [6, 6.07) is 3.27. The molecule has 1 N–H and O–H groups in total. The lowest BCUT2D eigenvalue weighted by Crippen LogP contribution is -2.51. The Labute approximate surface area is 116 Å². The van der Waals surface area contributed by atoms with Gasteiger partial charge in [0.25, 0.3) is 0 Å². The third-order valence-corrected chi connectivity index (χ3v) is 4.21. The molecule has 106 valence electrons. The number of fused-ring (bicyclic) bond motifs is 3. The molecular weight excluding hydrogens is 260 g/mol. The number of aromatic nitrogens is 1. The minimum absolute atomic E-state index is 0.154. The Morgan fingerprint density at radius 3 is 2.95 bits per heavy atom. The lowest BCUT2D eigenvalue weighted by atomic mass is 9.69. The summed E-state index contributed by atoms with van der Waals surface area (Å²) in [7, 11) is 2.90. The Hall–Kier alpha value is -2.11. The van der Waals surface area contributed by atoms with Crippen LogP contribution in [0.25, 0.3) is 0 Å². The molecule has 1 aromatic rings. The molecule has 6 nitrogen and oxygen atoms in total. The van der Waals surface area contributed by atoms with Crippen molar-refractivity contribution in [2.45, 2.75) is 30.7 Å². The van der Waals surface area contributed by atoms with Crippen LogP contribution in [0, 0.1) is 0 Å². The molecular formula is C14H16N2O4. The lowest BCUT2D eigenvalue weighted by molar-refractivity contribution is -0.150. The number of Topliss-reactive ketones (excluding diaryl/α,β-unsaturated/α-hetero) is 1. The third kappa shape index (κ3) is 1.60. The molecule has 0 radical (unpaired) electrons. The second-order valence-electron chi connectivity index (χ2n) is 5.15. The summed E-state index contributed by atoms with van der Waals surface area (Å²) >= 11 is 0. The molecule has 1 aromatic heterocycles. The van der Waals surface area contributed by atoms with E-state index in [1.807, 2.05) is 6.07 Å². The van der Waals surface area contributed by atoms with Crippen LogP contribution in [0.15, 0.2) is 12.1 Å². The number of hydrogen-bond donors (Lipinski definition) is 1. The van der Waals surface area contributed by atoms with Crippen LogP contribution in [0.2, 0.25) is 0 Å². The van der Waals surface area contributed by atoms with Gasteiger partial charge >= 0.3 is 5.97 Å². The van der Waals surface area contributed by atoms with Gasteiger partial charge in [-0.2, -0.15) is 0 Å². The molecule has 0 amide bonds. The van der Waals surface area contributed by atoms with Gasteiger partial charge in [-0.25, -0.2) is 4.98 Å². The van der Waals surface area contributed by atoms with E-state index in [4.69, 9.17) is 9.47 Å². The number of anilines is 1. The number of methoxy groups -OCH3 is 2. The van der Waals surface area contributed by atoms with Crippen LogP contribution >= 0.6 is 0 Å². The van der Waals surface area contributed by atoms with E-state index in [0.717, 1.165) is 5.69 Å². The zero-order chi connectivity index (χ0) is 14.3. The van der Waals surface area contributed by atoms with E-state index in [2.05, 4.69) is 10.3 Å². The highest BCUT2D eigenvalue weighted by Gasteiger charge is 2.57. The quantitative estimate of drug-likeness (QED) is 0.813. The smallest absolute Gasteiger partial charge is 0.320 e. The van der Waals surface area contributed by atoms with Gasteiger partial charge in [0.2, 0.25) is 5.88 Å². The maximum atomic E-state index is 12.4. The van der Waals surface area contributed by atoms with Crippen molar-refractivity contribution in [1.29, 1.82) is 0 Å². The van der Waals surface area contributed by atoms with E-state index >= 15 is 0 Å². The van der Waals surface area contributed by atoms with E-state index in [-0.39, 0.29) is 17.8 Å². The van der Waals surface area contributed by atoms with E-state index in [1.54, 1.807) is 6.07 Å². The Morgan fingerprint density at radius 2 is 2.25 bits per heavy atom. The number of nitrogens with one attached hydrogen (secondary N) is 1. The summed E-state index contributed by atoms with van der Waals surface area (Å²) in [6.07, 6.45) is 1.10. The minimum atomic E-state index is -0.882. The summed E-state index contributed by atoms with van der Waals surface area (Å²) in [5.41, 5.74) is 0.518. The Bertz CT molecular complexity index is 587. The summed E-state index contributed by atoms with van der Waals surface area (Å²) in [5.74, 6) is 0.259. The molecule has 1 fully saturated rings. The number of hydrogen-bond acceptors (Lipinski definition) is 6. The zero-order valence-corrected chi connectivity index (χ0v) is 11.4. The van der Waals surface area contributed by atoms with Crippen LogP contribution in [-0.2, 0) is 19.7 Å². The highest BCUT2D eigenvalue weighted by Crippen LogP contribution is 2.48. The third-order valence-electron chi connectivity index (χ3n) is 4.21. The van der Waals surface area contributed by atoms with Gasteiger partial charge in [-0.3, -0.25) is 9.59 Å². The molecule has 20 heavy (non-hydrogen) atoms. The molecule has 3 rings (SSSR count). The zero-order valence-electron chi connectivity index (χ0n) is 11.4. The van der Waals surface area contributed by atoms with Crippen molar-refractivity contribution in [3.8, 4) is 5.88 Å². The first-order valence-electron chi connectivity index (χ1n) is 6.54. The van der Waals surface area contributed by atoms with E-state index in [9.17, 15) is 9.59 Å². The Balaban J connectivity index is 2.14. The van der Waals surface area contributed by atoms with Crippen molar-refractivity contribution < 1.29 is 19.1 Å². The maximum absolute atomic E-state index is 12.4. The predicted octanol–water partition coefficient (Wildman–Crippen LogP) is 1.05. The van der Waals surface area contributed by atoms with Crippen LogP contribution < -0.4 is 10.1 Å². The van der Waals surface area contributed by atoms with Gasteiger partial charge in [-0.1, -0.05) is 0 Å². The number of esters is 1. The molecule has 2 aliphatic rings. The number of ether oxygens (including phenoxy) is 2. The Morgan fingerprint density at radius 1 is 1.45 bits per heavy atom. The first-order chi connectivity index (χ1) is 9.61. The number of pyridine rings is 1. The highest BCUT2D eigenvalue weighted by atomic mass is 16.5. The summed E-state index contributed by atoms with van der Waals surface area (Å²) in [4.78, 5) is 28.5. The number of nitrogens with zero attached hydrogens (tertiary/aromatic N) is 1. The SMILES string of the molecule is COC(=O)[C@@]12CCC(=O)C[C@@H]1Nc1ccc(OC)nc12. The van der Waals surface area contributed by atoms with Crippen LogP contribution in [0.5, 0.6) is 5.88 Å². The van der Waals surface area contributed by atoms with E-state index in [0.29, 0.717) is 30.8 Å². The fourth-order valence-corrected chi connectivity index (χ4v) is 3.19. The molecule has 0 aromatic carbocycles. The van der Waals surface area contributed by atoms with Crippen LogP contribution in [0.3, 0.4) is 0 Å². The van der Waals surface area contributed by atoms with Gasteiger partial charge in [-0.05, 0) is 12.5 Å². The lowest BCUT2D eigenvalue weighted by Gasteiger charge is -2.35. The molecule has 2 atom stereocenters. The van der Waals surface area contributed by atoms with E-state index < -0.39 is 5.41 Å². The summed E-state index contributed by atoms with van der Waals surface area (Å²) < 4.78 is 10.1. The standard InChI is InChI=1S/C14H16N2O4/c1-19-11-4-3-9-12(16-11)14(13(18)20-2)6-5-8(17)7-10(14)15-9/h3-4,10,15H,5-7H2,1-2H3/t10-,14-/m0/s1. The molecule has 1 aliphatic heterocycles. The van der Waals surface area contributed by atoms with Crippen molar-refractivity contribution in [3.63, 3.8) is 0 Å². The maximum Gasteiger partial charge on any atom is 0.320 e. The fourth-order valence-electron chi connectivity index (χ4n) is 3.19. The van der Waals surface area contributed by atoms with Gasteiger partial charge < -0.3 is 14.8 Å². The molecule has 1 saturated carbocycles. The molecule has 1 aliphatic carbocycles. The number of rotatable bonds is 2. The monoisotopic (exact) mass is 276 g/mol. The average Bonchev–Trinajstić information content (AvgIpc) is 2.79. The number of carbonyl (C=O) groups excluding carboxylic acids is 2. The van der Waals surface area contributed by atoms with Gasteiger partial charge in [0.1, 0.15) is 11.2 Å². The van der Waals surface area contributed by atoms with Gasteiger partial charge in [0, 0.05) is 18.9 Å². The largest absolute Gasteiger partial charge is 0.481 e. The van der Waals surface area contributed by atoms with E-state index in [1.165, 1.54) is 14.2 Å². The van der Waals surface area contributed by atoms with Crippen molar-refractivity contribution in [1.82, 2.24) is 4.98 Å². The average molecular weight is 276 g/mol. The molecule has 0 spiro atoms. The summed E-state index contributed by atoms with van der Waals surface area (Å²) in [6.45, 7) is 0. The fraction of sp³-hybridized carbons (Fsp3) is 0.500.